The molecule has 0 spiro atoms. The second-order valence-corrected chi connectivity index (χ2v) is 19.4. The summed E-state index contributed by atoms with van der Waals surface area (Å²) in [5.74, 6) is -2.59. The lowest BCUT2D eigenvalue weighted by molar-refractivity contribution is -0.322. The predicted octanol–water partition coefficient (Wildman–Crippen LogP) is 5.67. The van der Waals surface area contributed by atoms with E-state index in [-0.39, 0.29) is 31.5 Å². The summed E-state index contributed by atoms with van der Waals surface area (Å²) in [4.78, 5) is 49.2. The largest absolute Gasteiger partial charge is 0.463 e. The average molecular weight is 761 g/mol. The van der Waals surface area contributed by atoms with E-state index in [1.54, 1.807) is 6.92 Å². The first-order valence-corrected chi connectivity index (χ1v) is 20.7. The Morgan fingerprint density at radius 3 is 1.66 bits per heavy atom. The Morgan fingerprint density at radius 1 is 0.679 bits per heavy atom. The molecular formula is C39H56O13Si. The van der Waals surface area contributed by atoms with Gasteiger partial charge in [0, 0.05) is 27.7 Å². The van der Waals surface area contributed by atoms with Gasteiger partial charge in [-0.05, 0) is 36.2 Å². The van der Waals surface area contributed by atoms with Gasteiger partial charge in [0.25, 0.3) is 0 Å². The summed E-state index contributed by atoms with van der Waals surface area (Å²) >= 11 is 0. The predicted molar refractivity (Wildman–Crippen MR) is 196 cm³/mol. The maximum atomic E-state index is 12.5. The number of ether oxygens (including phenoxy) is 8. The van der Waals surface area contributed by atoms with Gasteiger partial charge in [0.15, 0.2) is 32.9 Å². The van der Waals surface area contributed by atoms with E-state index < -0.39 is 81.2 Å². The zero-order valence-corrected chi connectivity index (χ0v) is 33.5. The summed E-state index contributed by atoms with van der Waals surface area (Å²) in [5.41, 5.74) is 1.73. The topological polar surface area (TPSA) is 151 Å². The van der Waals surface area contributed by atoms with Crippen LogP contribution in [0.3, 0.4) is 0 Å². The maximum Gasteiger partial charge on any atom is 0.303 e. The summed E-state index contributed by atoms with van der Waals surface area (Å²) in [5, 5.41) is -0.188. The number of esters is 4. The van der Waals surface area contributed by atoms with Crippen LogP contribution in [0, 0.1) is 0 Å². The van der Waals surface area contributed by atoms with Crippen LogP contribution in [-0.2, 0) is 74.7 Å². The van der Waals surface area contributed by atoms with Gasteiger partial charge in [0.2, 0.25) is 0 Å². The minimum absolute atomic E-state index is 0.0339. The van der Waals surface area contributed by atoms with Gasteiger partial charge in [0.1, 0.15) is 24.9 Å². The zero-order chi connectivity index (χ0) is 39.3. The maximum absolute atomic E-state index is 12.5. The molecule has 1 fully saturated rings. The molecule has 13 nitrogen and oxygen atoms in total. The van der Waals surface area contributed by atoms with Crippen molar-refractivity contribution in [1.82, 2.24) is 0 Å². The Hall–Kier alpha value is -3.66. The molecule has 8 atom stereocenters. The number of carbonyl (C=O) groups is 4. The van der Waals surface area contributed by atoms with Crippen molar-refractivity contribution in [2.75, 3.05) is 13.2 Å². The van der Waals surface area contributed by atoms with Gasteiger partial charge < -0.3 is 42.3 Å². The van der Waals surface area contributed by atoms with Crippen molar-refractivity contribution in [1.29, 1.82) is 0 Å². The molecule has 0 aliphatic carbocycles. The molecule has 2 aromatic carbocycles. The Bertz CT molecular complexity index is 1460. The Balaban J connectivity index is 2.15. The second kappa shape index (κ2) is 20.1. The highest BCUT2D eigenvalue weighted by atomic mass is 28.4. The third-order valence-corrected chi connectivity index (χ3v) is 13.6. The van der Waals surface area contributed by atoms with Crippen molar-refractivity contribution >= 4 is 32.2 Å². The molecule has 0 bridgehead atoms. The van der Waals surface area contributed by atoms with Gasteiger partial charge >= 0.3 is 23.9 Å². The number of hydrogen-bond acceptors (Lipinski definition) is 13. The molecule has 1 saturated heterocycles. The van der Waals surface area contributed by atoms with E-state index in [1.165, 1.54) is 27.7 Å². The highest BCUT2D eigenvalue weighted by Gasteiger charge is 2.52. The van der Waals surface area contributed by atoms with Gasteiger partial charge in [0.05, 0.1) is 25.9 Å². The van der Waals surface area contributed by atoms with Crippen molar-refractivity contribution in [3.8, 4) is 0 Å². The highest BCUT2D eigenvalue weighted by Crippen LogP contribution is 2.38. The fraction of sp³-hybridized carbons (Fsp3) is 0.590. The first kappa shape index (κ1) is 43.7. The Labute approximate surface area is 314 Å². The van der Waals surface area contributed by atoms with Crippen LogP contribution >= 0.6 is 0 Å². The van der Waals surface area contributed by atoms with E-state index in [0.717, 1.165) is 11.1 Å². The third-order valence-electron chi connectivity index (χ3n) is 9.13. The average Bonchev–Trinajstić information content (AvgIpc) is 3.07. The fourth-order valence-electron chi connectivity index (χ4n) is 5.41. The smallest absolute Gasteiger partial charge is 0.303 e. The Kier molecular flexibility index (Phi) is 16.6. The Morgan fingerprint density at radius 2 is 1.17 bits per heavy atom. The second-order valence-electron chi connectivity index (χ2n) is 14.6. The van der Waals surface area contributed by atoms with Crippen LogP contribution in [0.5, 0.6) is 0 Å². The van der Waals surface area contributed by atoms with Gasteiger partial charge in [-0.15, -0.1) is 0 Å². The summed E-state index contributed by atoms with van der Waals surface area (Å²) in [6.45, 7) is 17.1. The molecule has 1 heterocycles. The SMILES string of the molecule is CC(=O)OC[C@H](OCc1ccccc1)[C@H](OCc1ccccc1)[C@H](CO[Si](C)(C)C(C)(C)C)O[C@@H]1O[C@@H](C)[C@H](OC(C)=O)[C@@H](OC(C)=O)[C@H]1OC(C)=O. The summed E-state index contributed by atoms with van der Waals surface area (Å²) in [7, 11) is -2.44. The zero-order valence-electron chi connectivity index (χ0n) is 32.5. The molecule has 14 heteroatoms. The molecular weight excluding hydrogens is 705 g/mol. The van der Waals surface area contributed by atoms with Crippen molar-refractivity contribution in [3.05, 3.63) is 71.8 Å². The fourth-order valence-corrected chi connectivity index (χ4v) is 6.42. The van der Waals surface area contributed by atoms with E-state index in [9.17, 15) is 19.2 Å². The minimum atomic E-state index is -2.44. The number of benzene rings is 2. The molecule has 1 aliphatic heterocycles. The summed E-state index contributed by atoms with van der Waals surface area (Å²) in [6, 6.07) is 19.0. The van der Waals surface area contributed by atoms with Crippen molar-refractivity contribution in [2.45, 2.75) is 136 Å². The van der Waals surface area contributed by atoms with Crippen molar-refractivity contribution in [3.63, 3.8) is 0 Å². The quantitative estimate of drug-likeness (QED) is 0.104. The van der Waals surface area contributed by atoms with Crippen LogP contribution in [0.25, 0.3) is 0 Å². The van der Waals surface area contributed by atoms with Gasteiger partial charge in [-0.2, -0.15) is 0 Å². The lowest BCUT2D eigenvalue weighted by atomic mass is 9.98. The van der Waals surface area contributed by atoms with Gasteiger partial charge in [-0.3, -0.25) is 19.2 Å². The molecule has 0 radical (unpaired) electrons. The lowest BCUT2D eigenvalue weighted by Crippen LogP contribution is -2.63. The molecule has 1 aliphatic rings. The van der Waals surface area contributed by atoms with Crippen LogP contribution in [0.4, 0.5) is 0 Å². The van der Waals surface area contributed by atoms with E-state index in [1.807, 2.05) is 60.7 Å². The molecule has 53 heavy (non-hydrogen) atoms. The van der Waals surface area contributed by atoms with E-state index in [0.29, 0.717) is 0 Å². The van der Waals surface area contributed by atoms with Gasteiger partial charge in [-0.25, -0.2) is 0 Å². The summed E-state index contributed by atoms with van der Waals surface area (Å²) in [6.07, 6.45) is -8.92. The van der Waals surface area contributed by atoms with E-state index >= 15 is 0 Å². The monoisotopic (exact) mass is 760 g/mol. The third kappa shape index (κ3) is 13.9. The number of rotatable bonds is 18. The normalized spacial score (nSPS) is 22.2. The number of carbonyl (C=O) groups excluding carboxylic acids is 4. The molecule has 3 rings (SSSR count). The molecule has 294 valence electrons. The van der Waals surface area contributed by atoms with Crippen LogP contribution in [0.2, 0.25) is 18.1 Å². The lowest BCUT2D eigenvalue weighted by Gasteiger charge is -2.45. The van der Waals surface area contributed by atoms with Crippen molar-refractivity contribution in [2.24, 2.45) is 0 Å². The molecule has 0 N–H and O–H groups in total. The van der Waals surface area contributed by atoms with Gasteiger partial charge in [-0.1, -0.05) is 81.4 Å². The first-order valence-electron chi connectivity index (χ1n) is 17.8. The minimum Gasteiger partial charge on any atom is -0.463 e. The summed E-state index contributed by atoms with van der Waals surface area (Å²) < 4.78 is 55.3. The molecule has 0 unspecified atom stereocenters. The molecule has 2 aromatic rings. The van der Waals surface area contributed by atoms with Crippen LogP contribution in [0.1, 0.15) is 66.5 Å². The number of hydrogen-bond donors (Lipinski definition) is 0. The van der Waals surface area contributed by atoms with Crippen LogP contribution < -0.4 is 0 Å². The van der Waals surface area contributed by atoms with Crippen LogP contribution in [-0.4, -0.2) is 94.4 Å². The molecule has 0 saturated carbocycles. The van der Waals surface area contributed by atoms with E-state index in [2.05, 4.69) is 33.9 Å². The standard InChI is InChI=1S/C39H56O13Si/c1-25-34(49-27(3)41)36(50-28(4)42)37(51-29(5)43)38(48-25)52-33(24-47-53(9,10)39(6,7)8)35(46-22-31-19-15-12-16-20-31)32(23-44-26(2)40)45-21-30-17-13-11-14-18-30/h11-20,25,32-38H,21-24H2,1-10H3/t25-,32-,33-,34-,35-,36+,37+,38-/m0/s1. The first-order chi connectivity index (χ1) is 24.9. The molecule has 0 aromatic heterocycles. The van der Waals surface area contributed by atoms with Crippen LogP contribution in [0.15, 0.2) is 60.7 Å². The van der Waals surface area contributed by atoms with Crippen molar-refractivity contribution < 1.29 is 61.5 Å². The molecule has 0 amide bonds. The van der Waals surface area contributed by atoms with E-state index in [4.69, 9.17) is 42.3 Å². The highest BCUT2D eigenvalue weighted by molar-refractivity contribution is 6.74.